The molecular weight excluding hydrogens is 339 g/mol. The van der Waals surface area contributed by atoms with Gasteiger partial charge in [0.25, 0.3) is 5.78 Å². The van der Waals surface area contributed by atoms with Crippen molar-refractivity contribution in [3.63, 3.8) is 0 Å². The summed E-state index contributed by atoms with van der Waals surface area (Å²) in [7, 11) is 0. The number of rotatable bonds is 5. The van der Waals surface area contributed by atoms with E-state index >= 15 is 0 Å². The maximum Gasteiger partial charge on any atom is 0.454 e. The van der Waals surface area contributed by atoms with E-state index in [0.29, 0.717) is 5.56 Å². The molecule has 134 valence electrons. The van der Waals surface area contributed by atoms with Crippen LogP contribution in [0.1, 0.15) is 33.4 Å². The van der Waals surface area contributed by atoms with Crippen LogP contribution < -0.4 is 0 Å². The van der Waals surface area contributed by atoms with Gasteiger partial charge in [0.15, 0.2) is 0 Å². The second-order valence-corrected chi connectivity index (χ2v) is 5.71. The van der Waals surface area contributed by atoms with Crippen LogP contribution in [-0.4, -0.2) is 32.7 Å². The number of carboxylic acid groups (broad SMARTS) is 1. The summed E-state index contributed by atoms with van der Waals surface area (Å²) in [4.78, 5) is 23.2. The molecule has 0 saturated heterocycles. The third-order valence-corrected chi connectivity index (χ3v) is 3.95. The molecular formula is C17H16F3NO4. The van der Waals surface area contributed by atoms with Crippen LogP contribution in [-0.2, 0) is 11.2 Å². The van der Waals surface area contributed by atoms with Crippen molar-refractivity contribution in [2.75, 3.05) is 0 Å². The van der Waals surface area contributed by atoms with Gasteiger partial charge in [0.1, 0.15) is 11.8 Å². The fourth-order valence-corrected chi connectivity index (χ4v) is 2.78. The highest BCUT2D eigenvalue weighted by molar-refractivity contribution is 6.01. The highest BCUT2D eigenvalue weighted by Gasteiger charge is 2.41. The fourth-order valence-electron chi connectivity index (χ4n) is 2.78. The fraction of sp³-hybridized carbons (Fsp3) is 0.294. The minimum absolute atomic E-state index is 0.00831. The number of hydrogen-bond donors (Lipinski definition) is 2. The Hall–Kier alpha value is -2.77. The summed E-state index contributed by atoms with van der Waals surface area (Å²) in [6, 6.07) is 5.71. The Morgan fingerprint density at radius 3 is 2.20 bits per heavy atom. The number of aryl methyl sites for hydroxylation is 1. The van der Waals surface area contributed by atoms with E-state index in [1.807, 2.05) is 0 Å². The minimum Gasteiger partial charge on any atom is -0.508 e. The number of carbonyl (C=O) groups excluding carboxylic acids is 1. The van der Waals surface area contributed by atoms with E-state index in [0.717, 1.165) is 6.07 Å². The lowest BCUT2D eigenvalue weighted by atomic mass is 10.0. The number of phenolic OH excluding ortho intramolecular Hbond substituents is 1. The van der Waals surface area contributed by atoms with Gasteiger partial charge in [-0.25, -0.2) is 4.79 Å². The predicted molar refractivity (Wildman–Crippen MR) is 82.8 cm³/mol. The molecule has 0 amide bonds. The number of alkyl halides is 3. The first-order chi connectivity index (χ1) is 11.5. The van der Waals surface area contributed by atoms with Crippen LogP contribution in [0.15, 0.2) is 30.3 Å². The van der Waals surface area contributed by atoms with Crippen molar-refractivity contribution in [2.45, 2.75) is 32.5 Å². The smallest absolute Gasteiger partial charge is 0.454 e. The summed E-state index contributed by atoms with van der Waals surface area (Å²) in [5.41, 5.74) is 0.227. The summed E-state index contributed by atoms with van der Waals surface area (Å²) >= 11 is 0. The van der Waals surface area contributed by atoms with Gasteiger partial charge in [-0.05, 0) is 37.6 Å². The number of phenols is 1. The van der Waals surface area contributed by atoms with Crippen molar-refractivity contribution >= 4 is 11.8 Å². The highest BCUT2D eigenvalue weighted by atomic mass is 19.4. The first kappa shape index (κ1) is 18.6. The molecule has 1 atom stereocenters. The van der Waals surface area contributed by atoms with E-state index in [4.69, 9.17) is 0 Å². The van der Waals surface area contributed by atoms with Gasteiger partial charge in [-0.15, -0.1) is 0 Å². The number of ketones is 1. The standard InChI is InChI=1S/C17H16F3NO4/c1-9-7-13(15(23)17(18,19)20)10(2)21(9)14(16(24)25)8-11-3-5-12(22)6-4-11/h3-7,14,22H,8H2,1-2H3,(H,24,25)/t14-/m0/s1. The maximum absolute atomic E-state index is 12.7. The summed E-state index contributed by atoms with van der Waals surface area (Å²) < 4.78 is 39.3. The number of aliphatic carboxylic acids is 1. The number of nitrogens with zero attached hydrogens (tertiary/aromatic N) is 1. The minimum atomic E-state index is -5.03. The Balaban J connectivity index is 2.45. The molecule has 1 aromatic heterocycles. The molecule has 0 unspecified atom stereocenters. The summed E-state index contributed by atoms with van der Waals surface area (Å²) in [5.74, 6) is -3.22. The molecule has 0 aliphatic carbocycles. The van der Waals surface area contributed by atoms with Gasteiger partial charge < -0.3 is 14.8 Å². The van der Waals surface area contributed by atoms with Crippen molar-refractivity contribution < 1.29 is 33.0 Å². The third-order valence-electron chi connectivity index (χ3n) is 3.95. The normalized spacial score (nSPS) is 12.8. The van der Waals surface area contributed by atoms with Crippen molar-refractivity contribution in [1.29, 1.82) is 0 Å². The quantitative estimate of drug-likeness (QED) is 0.806. The molecule has 0 aliphatic rings. The van der Waals surface area contributed by atoms with Crippen LogP contribution in [0.5, 0.6) is 5.75 Å². The van der Waals surface area contributed by atoms with E-state index in [1.165, 1.54) is 42.7 Å². The van der Waals surface area contributed by atoms with E-state index in [-0.39, 0.29) is 23.6 Å². The first-order valence-corrected chi connectivity index (χ1v) is 7.33. The molecule has 5 nitrogen and oxygen atoms in total. The van der Waals surface area contributed by atoms with Crippen LogP contribution in [0.25, 0.3) is 0 Å². The lowest BCUT2D eigenvalue weighted by Crippen LogP contribution is -2.26. The Morgan fingerprint density at radius 1 is 1.16 bits per heavy atom. The average Bonchev–Trinajstić information content (AvgIpc) is 2.79. The molecule has 2 N–H and O–H groups in total. The summed E-state index contributed by atoms with van der Waals surface area (Å²) in [5, 5.41) is 18.8. The maximum atomic E-state index is 12.7. The molecule has 2 rings (SSSR count). The van der Waals surface area contributed by atoms with Crippen LogP contribution in [0.3, 0.4) is 0 Å². The number of carbonyl (C=O) groups is 2. The second kappa shape index (κ2) is 6.62. The number of aromatic nitrogens is 1. The van der Waals surface area contributed by atoms with Gasteiger partial charge in [-0.3, -0.25) is 4.79 Å². The number of hydrogen-bond acceptors (Lipinski definition) is 3. The summed E-state index contributed by atoms with van der Waals surface area (Å²) in [6.45, 7) is 2.74. The Morgan fingerprint density at radius 2 is 1.72 bits per heavy atom. The Bertz CT molecular complexity index is 807. The molecule has 25 heavy (non-hydrogen) atoms. The van der Waals surface area contributed by atoms with Crippen LogP contribution in [0.2, 0.25) is 0 Å². The zero-order valence-electron chi connectivity index (χ0n) is 13.5. The third kappa shape index (κ3) is 3.84. The van der Waals surface area contributed by atoms with Gasteiger partial charge in [-0.2, -0.15) is 13.2 Å². The number of benzene rings is 1. The summed E-state index contributed by atoms with van der Waals surface area (Å²) in [6.07, 6.45) is -5.04. The number of Topliss-reactive ketones (excluding diaryl/α,β-unsaturated/α-hetero) is 1. The zero-order valence-corrected chi connectivity index (χ0v) is 13.5. The molecule has 2 aromatic rings. The molecule has 0 aliphatic heterocycles. The van der Waals surface area contributed by atoms with Gasteiger partial charge in [0.05, 0.1) is 0 Å². The topological polar surface area (TPSA) is 79.5 Å². The zero-order chi connectivity index (χ0) is 18.9. The lowest BCUT2D eigenvalue weighted by molar-refractivity contribution is -0.141. The molecule has 0 spiro atoms. The van der Waals surface area contributed by atoms with Gasteiger partial charge in [-0.1, -0.05) is 12.1 Å². The molecule has 1 heterocycles. The molecule has 0 fully saturated rings. The van der Waals surface area contributed by atoms with Gasteiger partial charge in [0.2, 0.25) is 0 Å². The number of carboxylic acids is 1. The molecule has 1 aromatic carbocycles. The lowest BCUT2D eigenvalue weighted by Gasteiger charge is -2.19. The molecule has 0 bridgehead atoms. The molecule has 0 radical (unpaired) electrons. The monoisotopic (exact) mass is 355 g/mol. The van der Waals surface area contributed by atoms with Crippen molar-refractivity contribution in [2.24, 2.45) is 0 Å². The van der Waals surface area contributed by atoms with Gasteiger partial charge >= 0.3 is 12.1 Å². The van der Waals surface area contributed by atoms with Crippen molar-refractivity contribution in [3.05, 3.63) is 52.8 Å². The largest absolute Gasteiger partial charge is 0.508 e. The van der Waals surface area contributed by atoms with Crippen LogP contribution >= 0.6 is 0 Å². The number of halogens is 3. The second-order valence-electron chi connectivity index (χ2n) is 5.71. The van der Waals surface area contributed by atoms with Gasteiger partial charge in [0, 0.05) is 23.4 Å². The van der Waals surface area contributed by atoms with Crippen LogP contribution in [0, 0.1) is 13.8 Å². The predicted octanol–water partition coefficient (Wildman–Crippen LogP) is 3.42. The molecule has 8 heteroatoms. The number of aromatic hydroxyl groups is 1. The first-order valence-electron chi connectivity index (χ1n) is 7.33. The Labute approximate surface area is 141 Å². The molecule has 0 saturated carbocycles. The van der Waals surface area contributed by atoms with Crippen molar-refractivity contribution in [3.8, 4) is 5.75 Å². The highest BCUT2D eigenvalue weighted by Crippen LogP contribution is 2.29. The van der Waals surface area contributed by atoms with E-state index < -0.39 is 29.5 Å². The van der Waals surface area contributed by atoms with Crippen molar-refractivity contribution in [1.82, 2.24) is 4.57 Å². The average molecular weight is 355 g/mol. The SMILES string of the molecule is Cc1cc(C(=O)C(F)(F)F)c(C)n1[C@@H](Cc1ccc(O)cc1)C(=O)O. The Kier molecular flexibility index (Phi) is 4.92. The van der Waals surface area contributed by atoms with E-state index in [1.54, 1.807) is 0 Å². The van der Waals surface area contributed by atoms with Crippen LogP contribution in [0.4, 0.5) is 13.2 Å². The van der Waals surface area contributed by atoms with E-state index in [2.05, 4.69) is 0 Å². The van der Waals surface area contributed by atoms with E-state index in [9.17, 15) is 33.0 Å².